The third-order valence-electron chi connectivity index (χ3n) is 8.76. The molecular weight excluding hydrogens is 574 g/mol. The summed E-state index contributed by atoms with van der Waals surface area (Å²) < 4.78 is 3.01. The van der Waals surface area contributed by atoms with Crippen molar-refractivity contribution in [3.63, 3.8) is 0 Å². The molecule has 6 rings (SSSR count). The van der Waals surface area contributed by atoms with Crippen LogP contribution < -0.4 is 21.2 Å². The lowest BCUT2D eigenvalue weighted by Crippen LogP contribution is -2.30. The highest BCUT2D eigenvalue weighted by molar-refractivity contribution is 5.86. The zero-order chi connectivity index (χ0) is 32.0. The van der Waals surface area contributed by atoms with Crippen molar-refractivity contribution in [2.75, 3.05) is 18.0 Å². The molecule has 5 aromatic rings. The number of nitrogens with one attached hydrogen (secondary N) is 1. The number of aromatic amines is 1. The van der Waals surface area contributed by atoms with Gasteiger partial charge in [-0.15, -0.1) is 0 Å². The number of benzene rings is 3. The van der Waals surface area contributed by atoms with E-state index in [2.05, 4.69) is 46.8 Å². The Bertz CT molecular complexity index is 2100. The Labute approximate surface area is 268 Å². The van der Waals surface area contributed by atoms with E-state index in [9.17, 15) is 14.7 Å². The van der Waals surface area contributed by atoms with Crippen LogP contribution in [-0.4, -0.2) is 43.7 Å². The van der Waals surface area contributed by atoms with E-state index in [-0.39, 0.29) is 16.1 Å². The lowest BCUT2D eigenvalue weighted by molar-refractivity contribution is 0.0689. The minimum Gasteiger partial charge on any atom is -0.476 e. The molecule has 0 saturated heterocycles. The van der Waals surface area contributed by atoms with Gasteiger partial charge in [0, 0.05) is 18.8 Å². The average molecular weight is 616 g/mol. The number of anilines is 1. The summed E-state index contributed by atoms with van der Waals surface area (Å²) in [5.74, 6) is -1.22. The minimum atomic E-state index is -1.22. The number of aromatic carboxylic acids is 1. The van der Waals surface area contributed by atoms with Gasteiger partial charge in [0.2, 0.25) is 0 Å². The Balaban J connectivity index is 1.52. The third kappa shape index (κ3) is 6.33. The maximum atomic E-state index is 13.9. The van der Waals surface area contributed by atoms with Crippen molar-refractivity contribution in [3.8, 4) is 11.4 Å². The fraction of sp³-hybridized carbons (Fsp3) is 0.289. The number of aromatic nitrogens is 4. The zero-order valence-electron chi connectivity index (χ0n) is 26.4. The fourth-order valence-corrected chi connectivity index (χ4v) is 6.48. The molecule has 2 aromatic heterocycles. The number of hydrogen-bond acceptors (Lipinski definition) is 4. The molecule has 0 bridgehead atoms. The molecule has 0 aliphatic carbocycles. The van der Waals surface area contributed by atoms with Crippen LogP contribution >= 0.6 is 0 Å². The molecule has 0 unspecified atom stereocenters. The van der Waals surface area contributed by atoms with E-state index in [1.54, 1.807) is 4.68 Å². The van der Waals surface area contributed by atoms with Crippen molar-refractivity contribution >= 4 is 24.3 Å². The topological polar surface area (TPSA) is 96.1 Å². The molecule has 0 amide bonds. The second-order valence-corrected chi connectivity index (χ2v) is 12.0. The predicted octanol–water partition coefficient (Wildman–Crippen LogP) is 5.69. The number of nitrogens with zero attached hydrogens (tertiary/aromatic N) is 4. The Hall–Kier alpha value is -5.11. The molecule has 2 N–H and O–H groups in total. The maximum absolute atomic E-state index is 13.9. The number of rotatable bonds is 11. The van der Waals surface area contributed by atoms with Crippen molar-refractivity contribution in [1.29, 1.82) is 0 Å². The van der Waals surface area contributed by atoms with Gasteiger partial charge < -0.3 is 10.0 Å². The van der Waals surface area contributed by atoms with Gasteiger partial charge in [0.25, 0.3) is 5.56 Å². The van der Waals surface area contributed by atoms with Crippen molar-refractivity contribution < 1.29 is 9.90 Å². The quantitative estimate of drug-likeness (QED) is 0.186. The molecular formula is C38H41N5O3. The van der Waals surface area contributed by atoms with Crippen LogP contribution in [0.4, 0.5) is 5.69 Å². The smallest absolute Gasteiger partial charge is 0.357 e. The molecule has 0 saturated carbocycles. The first kappa shape index (κ1) is 30.9. The highest BCUT2D eigenvalue weighted by atomic mass is 16.4. The van der Waals surface area contributed by atoms with Gasteiger partial charge in [-0.2, -0.15) is 5.10 Å². The van der Waals surface area contributed by atoms with Gasteiger partial charge in [0.15, 0.2) is 5.69 Å². The lowest BCUT2D eigenvalue weighted by Gasteiger charge is -2.31. The van der Waals surface area contributed by atoms with Crippen molar-refractivity contribution in [3.05, 3.63) is 127 Å². The van der Waals surface area contributed by atoms with Gasteiger partial charge in [-0.3, -0.25) is 9.89 Å². The number of carboxylic acids is 1. The predicted molar refractivity (Wildman–Crippen MR) is 183 cm³/mol. The van der Waals surface area contributed by atoms with Gasteiger partial charge in [-0.05, 0) is 72.9 Å². The fourth-order valence-electron chi connectivity index (χ4n) is 6.48. The van der Waals surface area contributed by atoms with Gasteiger partial charge in [0.05, 0.1) is 32.5 Å². The number of hydrogen-bond donors (Lipinski definition) is 2. The second-order valence-electron chi connectivity index (χ2n) is 12.0. The van der Waals surface area contributed by atoms with E-state index in [1.807, 2.05) is 66.7 Å². The molecule has 0 fully saturated rings. The Morgan fingerprint density at radius 2 is 1.63 bits per heavy atom. The molecule has 0 atom stereocenters. The van der Waals surface area contributed by atoms with Crippen LogP contribution in [0.15, 0.2) is 83.7 Å². The summed E-state index contributed by atoms with van der Waals surface area (Å²) in [5, 5.41) is 19.2. The van der Waals surface area contributed by atoms with E-state index in [0.29, 0.717) is 22.1 Å². The van der Waals surface area contributed by atoms with E-state index < -0.39 is 11.5 Å². The monoisotopic (exact) mass is 615 g/mol. The van der Waals surface area contributed by atoms with Crippen LogP contribution in [0.25, 0.3) is 24.0 Å². The number of fused-ring (bicyclic) bond motifs is 1. The summed E-state index contributed by atoms with van der Waals surface area (Å²) in [6.45, 7) is 8.49. The molecule has 8 heteroatoms. The summed E-state index contributed by atoms with van der Waals surface area (Å²) in [6.07, 6.45) is 11.7. The Morgan fingerprint density at radius 3 is 2.35 bits per heavy atom. The van der Waals surface area contributed by atoms with Crippen molar-refractivity contribution in [1.82, 2.24) is 19.6 Å². The first-order valence-corrected chi connectivity index (χ1v) is 16.3. The SMILES string of the molecule is C=c1[nH]n(-c2ccccc2)c(=O)/c1=c1/c(C(=O)O)nn(-c2ccccc2)c1=Cc1ccc2c(c1)CCCN2CCCCCCCC. The number of para-hydroxylation sites is 2. The van der Waals surface area contributed by atoms with Gasteiger partial charge in [0.1, 0.15) is 0 Å². The molecule has 46 heavy (non-hydrogen) atoms. The summed E-state index contributed by atoms with van der Waals surface area (Å²) in [6, 6.07) is 25.0. The molecule has 0 spiro atoms. The highest BCUT2D eigenvalue weighted by Crippen LogP contribution is 2.29. The number of unbranched alkanes of at least 4 members (excludes halogenated alkanes) is 5. The third-order valence-corrected chi connectivity index (χ3v) is 8.76. The van der Waals surface area contributed by atoms with Crippen LogP contribution in [0.2, 0.25) is 0 Å². The maximum Gasteiger partial charge on any atom is 0.357 e. The Kier molecular flexibility index (Phi) is 9.33. The summed E-state index contributed by atoms with van der Waals surface area (Å²) in [5.41, 5.74) is 4.19. The highest BCUT2D eigenvalue weighted by Gasteiger charge is 2.20. The minimum absolute atomic E-state index is 0.178. The number of aryl methyl sites for hydroxylation is 1. The van der Waals surface area contributed by atoms with Crippen molar-refractivity contribution in [2.24, 2.45) is 0 Å². The largest absolute Gasteiger partial charge is 0.476 e. The summed E-state index contributed by atoms with van der Waals surface area (Å²) in [7, 11) is 0. The molecule has 236 valence electrons. The number of carbonyl (C=O) groups is 1. The molecule has 1 aliphatic heterocycles. The van der Waals surface area contributed by atoms with E-state index in [0.717, 1.165) is 31.5 Å². The van der Waals surface area contributed by atoms with E-state index >= 15 is 0 Å². The molecule has 0 radical (unpaired) electrons. The second kappa shape index (κ2) is 13.9. The molecule has 3 aromatic carbocycles. The first-order valence-electron chi connectivity index (χ1n) is 16.3. The lowest BCUT2D eigenvalue weighted by atomic mass is 9.98. The van der Waals surface area contributed by atoms with E-state index in [1.165, 1.54) is 54.5 Å². The first-order chi connectivity index (χ1) is 22.5. The Morgan fingerprint density at radius 1 is 0.935 bits per heavy atom. The van der Waals surface area contributed by atoms with Crippen LogP contribution in [0.3, 0.4) is 0 Å². The normalized spacial score (nSPS) is 14.0. The summed E-state index contributed by atoms with van der Waals surface area (Å²) >= 11 is 0. The van der Waals surface area contributed by atoms with Crippen LogP contribution in [0.1, 0.15) is 73.5 Å². The molecule has 1 aliphatic rings. The number of carboxylic acid groups (broad SMARTS) is 1. The van der Waals surface area contributed by atoms with E-state index in [4.69, 9.17) is 0 Å². The van der Waals surface area contributed by atoms with Crippen molar-refractivity contribution in [2.45, 2.75) is 58.3 Å². The molecule has 3 heterocycles. The van der Waals surface area contributed by atoms with Crippen LogP contribution in [-0.2, 0) is 6.42 Å². The standard InChI is InChI=1S/C38H41N5O3/c1-3-4-5-6-7-14-23-41-24-15-16-29-25-28(21-22-32(29)41)26-33-35(36(38(45)46)40-42(33)30-17-10-8-11-18-30)34-27(2)39-43(37(34)44)31-19-12-9-13-20-31/h8-13,17-22,25-26,39H,2-7,14-16,23-24H2,1H3,(H,45,46)/b33-26?,35-34+. The number of H-pyrrole nitrogens is 1. The zero-order valence-corrected chi connectivity index (χ0v) is 26.4. The average Bonchev–Trinajstić information content (AvgIpc) is 3.59. The molecule has 8 nitrogen and oxygen atoms in total. The van der Waals surface area contributed by atoms with Gasteiger partial charge in [-0.25, -0.2) is 14.2 Å². The van der Waals surface area contributed by atoms with Crippen LogP contribution in [0.5, 0.6) is 0 Å². The van der Waals surface area contributed by atoms with Gasteiger partial charge >= 0.3 is 5.97 Å². The summed E-state index contributed by atoms with van der Waals surface area (Å²) in [4.78, 5) is 29.1. The van der Waals surface area contributed by atoms with Gasteiger partial charge in [-0.1, -0.05) is 88.1 Å². The van der Waals surface area contributed by atoms with Crippen LogP contribution in [0, 0.1) is 10.4 Å².